The molecule has 3 heterocycles. The fourth-order valence-corrected chi connectivity index (χ4v) is 4.52. The number of aryl methyl sites for hydroxylation is 1. The van der Waals surface area contributed by atoms with Crippen LogP contribution in [0.3, 0.4) is 0 Å². The van der Waals surface area contributed by atoms with Gasteiger partial charge in [0.25, 0.3) is 0 Å². The third kappa shape index (κ3) is 2.14. The van der Waals surface area contributed by atoms with Crippen LogP contribution in [0.5, 0.6) is 0 Å². The molecular formula is C12H14ClN3O3S. The third-order valence-electron chi connectivity index (χ3n) is 3.61. The molecule has 1 aliphatic rings. The van der Waals surface area contributed by atoms with Gasteiger partial charge in [0.05, 0.1) is 34.5 Å². The minimum absolute atomic E-state index is 0.0658. The van der Waals surface area contributed by atoms with Crippen LogP contribution in [-0.4, -0.2) is 34.7 Å². The number of hydrogen-bond donors (Lipinski definition) is 1. The highest BCUT2D eigenvalue weighted by Gasteiger charge is 2.31. The maximum Gasteiger partial charge on any atom is 0.193 e. The summed E-state index contributed by atoms with van der Waals surface area (Å²) in [5, 5.41) is 4.85. The standard InChI is InChI=1S/C12H14ClN3O3S/c1-7-11-10(17)4-8(5-13)14-12(11)16(15-7)9-2-3-20(18,19)6-9/h4,9H,2-3,5-6H2,1H3,(H,14,17). The van der Waals surface area contributed by atoms with Crippen LogP contribution < -0.4 is 5.43 Å². The third-order valence-corrected chi connectivity index (χ3v) is 5.65. The molecule has 1 atom stereocenters. The molecule has 0 amide bonds. The average molecular weight is 316 g/mol. The number of nitrogens with one attached hydrogen (secondary N) is 1. The van der Waals surface area contributed by atoms with Crippen LogP contribution in [0.2, 0.25) is 0 Å². The van der Waals surface area contributed by atoms with Crippen LogP contribution in [0.4, 0.5) is 0 Å². The van der Waals surface area contributed by atoms with E-state index >= 15 is 0 Å². The van der Waals surface area contributed by atoms with Crippen LogP contribution in [0, 0.1) is 6.92 Å². The molecule has 108 valence electrons. The van der Waals surface area contributed by atoms with Crippen LogP contribution in [-0.2, 0) is 15.7 Å². The lowest BCUT2D eigenvalue weighted by Gasteiger charge is -2.10. The van der Waals surface area contributed by atoms with Gasteiger partial charge >= 0.3 is 0 Å². The first-order valence-corrected chi connectivity index (χ1v) is 8.64. The summed E-state index contributed by atoms with van der Waals surface area (Å²) in [6, 6.07) is 1.23. The molecule has 1 N–H and O–H groups in total. The number of rotatable bonds is 2. The van der Waals surface area contributed by atoms with Crippen LogP contribution in [0.1, 0.15) is 23.9 Å². The number of pyridine rings is 1. The number of aromatic nitrogens is 3. The Morgan fingerprint density at radius 3 is 2.90 bits per heavy atom. The number of fused-ring (bicyclic) bond motifs is 1. The second-order valence-electron chi connectivity index (χ2n) is 5.10. The highest BCUT2D eigenvalue weighted by Crippen LogP contribution is 2.26. The molecule has 6 nitrogen and oxygen atoms in total. The van der Waals surface area contributed by atoms with Gasteiger partial charge in [-0.3, -0.25) is 4.79 Å². The number of halogens is 1. The van der Waals surface area contributed by atoms with E-state index in [1.165, 1.54) is 6.07 Å². The van der Waals surface area contributed by atoms with Gasteiger partial charge in [-0.25, -0.2) is 13.1 Å². The monoisotopic (exact) mass is 315 g/mol. The van der Waals surface area contributed by atoms with Crippen molar-refractivity contribution in [1.82, 2.24) is 14.8 Å². The molecule has 1 aliphatic heterocycles. The van der Waals surface area contributed by atoms with Gasteiger partial charge in [-0.05, 0) is 13.3 Å². The Balaban J connectivity index is 2.22. The summed E-state index contributed by atoms with van der Waals surface area (Å²) >= 11 is 5.77. The molecule has 20 heavy (non-hydrogen) atoms. The molecule has 2 aromatic heterocycles. The minimum Gasteiger partial charge on any atom is -0.342 e. The number of hydrogen-bond acceptors (Lipinski definition) is 4. The van der Waals surface area contributed by atoms with Gasteiger partial charge in [-0.2, -0.15) is 5.10 Å². The largest absolute Gasteiger partial charge is 0.342 e. The van der Waals surface area contributed by atoms with E-state index in [4.69, 9.17) is 11.6 Å². The molecule has 1 unspecified atom stereocenters. The lowest BCUT2D eigenvalue weighted by molar-refractivity contribution is 0.509. The van der Waals surface area contributed by atoms with Crippen molar-refractivity contribution >= 4 is 32.5 Å². The zero-order valence-corrected chi connectivity index (χ0v) is 12.5. The molecule has 8 heteroatoms. The van der Waals surface area contributed by atoms with Crippen molar-refractivity contribution < 1.29 is 8.42 Å². The summed E-state index contributed by atoms with van der Waals surface area (Å²) in [7, 11) is -3.01. The van der Waals surface area contributed by atoms with Crippen molar-refractivity contribution in [3.05, 3.63) is 27.7 Å². The molecule has 1 saturated heterocycles. The molecule has 0 aromatic carbocycles. The van der Waals surface area contributed by atoms with E-state index in [0.29, 0.717) is 28.8 Å². The SMILES string of the molecule is Cc1nn(C2CCS(=O)(=O)C2)c2[nH]c(CCl)cc(=O)c12. The fraction of sp³-hybridized carbons (Fsp3) is 0.500. The van der Waals surface area contributed by atoms with Gasteiger partial charge < -0.3 is 4.98 Å². The van der Waals surface area contributed by atoms with Gasteiger partial charge in [0.15, 0.2) is 15.3 Å². The Hall–Kier alpha value is -1.34. The van der Waals surface area contributed by atoms with E-state index < -0.39 is 9.84 Å². The Kier molecular flexibility index (Phi) is 3.13. The van der Waals surface area contributed by atoms with E-state index in [2.05, 4.69) is 10.1 Å². The molecule has 1 fully saturated rings. The van der Waals surface area contributed by atoms with Gasteiger partial charge in [-0.15, -0.1) is 11.6 Å². The van der Waals surface area contributed by atoms with Crippen molar-refractivity contribution in [2.75, 3.05) is 11.5 Å². The second-order valence-corrected chi connectivity index (χ2v) is 7.60. The van der Waals surface area contributed by atoms with Crippen molar-refractivity contribution in [2.24, 2.45) is 0 Å². The van der Waals surface area contributed by atoms with Crippen LogP contribution in [0.25, 0.3) is 11.0 Å². The molecular weight excluding hydrogens is 302 g/mol. The van der Waals surface area contributed by atoms with E-state index in [1.807, 2.05) is 0 Å². The number of H-pyrrole nitrogens is 1. The van der Waals surface area contributed by atoms with Crippen molar-refractivity contribution in [1.29, 1.82) is 0 Å². The Morgan fingerprint density at radius 1 is 1.55 bits per heavy atom. The van der Waals surface area contributed by atoms with E-state index in [9.17, 15) is 13.2 Å². The minimum atomic E-state index is -3.01. The van der Waals surface area contributed by atoms with Gasteiger partial charge in [-0.1, -0.05) is 0 Å². The van der Waals surface area contributed by atoms with Gasteiger partial charge in [0.2, 0.25) is 0 Å². The highest BCUT2D eigenvalue weighted by atomic mass is 35.5. The van der Waals surface area contributed by atoms with Crippen LogP contribution in [0.15, 0.2) is 10.9 Å². The zero-order valence-electron chi connectivity index (χ0n) is 10.9. The van der Waals surface area contributed by atoms with Crippen LogP contribution >= 0.6 is 11.6 Å². The summed E-state index contributed by atoms with van der Waals surface area (Å²) in [6.45, 7) is 1.75. The molecule has 0 saturated carbocycles. The smallest absolute Gasteiger partial charge is 0.193 e. The van der Waals surface area contributed by atoms with E-state index in [1.54, 1.807) is 11.6 Å². The van der Waals surface area contributed by atoms with E-state index in [-0.39, 0.29) is 28.9 Å². The zero-order chi connectivity index (χ0) is 14.5. The molecule has 3 rings (SSSR count). The fourth-order valence-electron chi connectivity index (χ4n) is 2.69. The quantitative estimate of drug-likeness (QED) is 0.842. The van der Waals surface area contributed by atoms with Gasteiger partial charge in [0, 0.05) is 11.8 Å². The normalized spacial score (nSPS) is 21.6. The number of aromatic amines is 1. The summed E-state index contributed by atoms with van der Waals surface area (Å²) in [6.07, 6.45) is 0.520. The average Bonchev–Trinajstić information content (AvgIpc) is 2.90. The highest BCUT2D eigenvalue weighted by molar-refractivity contribution is 7.91. The van der Waals surface area contributed by atoms with Crippen molar-refractivity contribution in [3.8, 4) is 0 Å². The van der Waals surface area contributed by atoms with E-state index in [0.717, 1.165) is 0 Å². The van der Waals surface area contributed by atoms with Crippen molar-refractivity contribution in [3.63, 3.8) is 0 Å². The Bertz CT molecular complexity index is 837. The maximum atomic E-state index is 12.1. The predicted octanol–water partition coefficient (Wildman–Crippen LogP) is 1.13. The Labute approximate surface area is 120 Å². The molecule has 0 radical (unpaired) electrons. The maximum absolute atomic E-state index is 12.1. The number of nitrogens with zero attached hydrogens (tertiary/aromatic N) is 2. The lowest BCUT2D eigenvalue weighted by atomic mass is 10.2. The lowest BCUT2D eigenvalue weighted by Crippen LogP contribution is -2.14. The summed E-state index contributed by atoms with van der Waals surface area (Å²) < 4.78 is 24.9. The Morgan fingerprint density at radius 2 is 2.30 bits per heavy atom. The molecule has 0 spiro atoms. The van der Waals surface area contributed by atoms with Crippen molar-refractivity contribution in [2.45, 2.75) is 25.3 Å². The number of sulfone groups is 1. The number of alkyl halides is 1. The molecule has 0 aliphatic carbocycles. The predicted molar refractivity (Wildman–Crippen MR) is 77.0 cm³/mol. The summed E-state index contributed by atoms with van der Waals surface area (Å²) in [5.41, 5.74) is 1.63. The second kappa shape index (κ2) is 4.60. The first kappa shape index (κ1) is 13.6. The first-order valence-electron chi connectivity index (χ1n) is 6.28. The molecule has 0 bridgehead atoms. The van der Waals surface area contributed by atoms with Gasteiger partial charge in [0.1, 0.15) is 5.65 Å². The first-order chi connectivity index (χ1) is 9.41. The molecule has 2 aromatic rings. The topological polar surface area (TPSA) is 84.8 Å². The summed E-state index contributed by atoms with van der Waals surface area (Å²) in [4.78, 5) is 15.2. The summed E-state index contributed by atoms with van der Waals surface area (Å²) in [5.74, 6) is 0.423.